The van der Waals surface area contributed by atoms with Crippen LogP contribution in [0.15, 0.2) is 18.2 Å². The summed E-state index contributed by atoms with van der Waals surface area (Å²) in [6.07, 6.45) is 2.05. The molecule has 0 aromatic heterocycles. The standard InChI is InChI=1S/C16H23F2N3O.ClH/c1-3-8-16(2,19)15(22)20-11-7-9-21(10-11)14-12(17)5-4-6-13(14)18;/h4-6,11H,3,7-10,19H2,1-2H3,(H,20,22);1H. The molecule has 23 heavy (non-hydrogen) atoms. The van der Waals surface area contributed by atoms with E-state index in [2.05, 4.69) is 5.32 Å². The highest BCUT2D eigenvalue weighted by molar-refractivity contribution is 5.86. The Morgan fingerprint density at radius 3 is 2.61 bits per heavy atom. The molecule has 1 aromatic rings. The lowest BCUT2D eigenvalue weighted by Gasteiger charge is -2.26. The number of hydrogen-bond donors (Lipinski definition) is 2. The van der Waals surface area contributed by atoms with Crippen LogP contribution in [0.5, 0.6) is 0 Å². The van der Waals surface area contributed by atoms with Crippen LogP contribution < -0.4 is 16.0 Å². The summed E-state index contributed by atoms with van der Waals surface area (Å²) in [4.78, 5) is 13.8. The third kappa shape index (κ3) is 4.54. The summed E-state index contributed by atoms with van der Waals surface area (Å²) in [5, 5.41) is 2.89. The molecule has 1 saturated heterocycles. The van der Waals surface area contributed by atoms with E-state index in [0.717, 1.165) is 6.42 Å². The summed E-state index contributed by atoms with van der Waals surface area (Å²) in [6, 6.07) is 3.67. The Bertz CT molecular complexity index is 534. The van der Waals surface area contributed by atoms with Gasteiger partial charge in [-0.05, 0) is 31.9 Å². The number of amides is 1. The van der Waals surface area contributed by atoms with Crippen LogP contribution in [0.25, 0.3) is 0 Å². The van der Waals surface area contributed by atoms with E-state index >= 15 is 0 Å². The van der Waals surface area contributed by atoms with Crippen LogP contribution in [0.4, 0.5) is 14.5 Å². The third-order valence-corrected chi connectivity index (χ3v) is 4.07. The van der Waals surface area contributed by atoms with E-state index < -0.39 is 17.2 Å². The maximum absolute atomic E-state index is 13.8. The van der Waals surface area contributed by atoms with Gasteiger partial charge in [0.1, 0.15) is 17.3 Å². The van der Waals surface area contributed by atoms with Gasteiger partial charge in [-0.3, -0.25) is 4.79 Å². The predicted octanol–water partition coefficient (Wildman–Crippen LogP) is 2.60. The SMILES string of the molecule is CCCC(C)(N)C(=O)NC1CCN(c2c(F)cccc2F)C1.Cl. The van der Waals surface area contributed by atoms with Crippen LogP contribution >= 0.6 is 12.4 Å². The van der Waals surface area contributed by atoms with Crippen molar-refractivity contribution in [3.8, 4) is 0 Å². The molecule has 1 fully saturated rings. The predicted molar refractivity (Wildman–Crippen MR) is 89.9 cm³/mol. The fraction of sp³-hybridized carbons (Fsp3) is 0.562. The molecule has 0 spiro atoms. The number of halogens is 3. The number of nitrogens with one attached hydrogen (secondary N) is 1. The number of carbonyl (C=O) groups is 1. The first-order valence-corrected chi connectivity index (χ1v) is 7.64. The van der Waals surface area contributed by atoms with E-state index in [1.54, 1.807) is 11.8 Å². The first-order valence-electron chi connectivity index (χ1n) is 7.64. The van der Waals surface area contributed by atoms with Crippen molar-refractivity contribution < 1.29 is 13.6 Å². The van der Waals surface area contributed by atoms with E-state index in [4.69, 9.17) is 5.73 Å². The van der Waals surface area contributed by atoms with Gasteiger partial charge in [-0.15, -0.1) is 12.4 Å². The largest absolute Gasteiger partial charge is 0.365 e. The Balaban J connectivity index is 0.00000264. The minimum atomic E-state index is -0.911. The van der Waals surface area contributed by atoms with E-state index in [-0.39, 0.29) is 30.0 Å². The van der Waals surface area contributed by atoms with E-state index in [1.807, 2.05) is 6.92 Å². The molecule has 2 atom stereocenters. The average molecular weight is 348 g/mol. The number of hydrogen-bond acceptors (Lipinski definition) is 3. The number of nitrogens with zero attached hydrogens (tertiary/aromatic N) is 1. The Hall–Kier alpha value is -1.40. The van der Waals surface area contributed by atoms with Crippen LogP contribution in [0.2, 0.25) is 0 Å². The molecule has 4 nitrogen and oxygen atoms in total. The number of nitrogens with two attached hydrogens (primary N) is 1. The smallest absolute Gasteiger partial charge is 0.240 e. The lowest BCUT2D eigenvalue weighted by Crippen LogP contribution is -2.54. The number of carbonyl (C=O) groups excluding carboxylic acids is 1. The molecule has 2 unspecified atom stereocenters. The second kappa shape index (κ2) is 7.93. The lowest BCUT2D eigenvalue weighted by atomic mass is 9.96. The normalized spacial score (nSPS) is 19.9. The van der Waals surface area contributed by atoms with Gasteiger partial charge in [0.25, 0.3) is 0 Å². The number of para-hydroxylation sites is 1. The zero-order chi connectivity index (χ0) is 16.3. The van der Waals surface area contributed by atoms with Gasteiger partial charge in [-0.25, -0.2) is 8.78 Å². The highest BCUT2D eigenvalue weighted by Gasteiger charge is 2.32. The van der Waals surface area contributed by atoms with Gasteiger partial charge < -0.3 is 16.0 Å². The molecular formula is C16H24ClF2N3O. The molecule has 7 heteroatoms. The Kier molecular flexibility index (Phi) is 6.77. The fourth-order valence-corrected chi connectivity index (χ4v) is 2.86. The van der Waals surface area contributed by atoms with Gasteiger partial charge in [0.15, 0.2) is 0 Å². The summed E-state index contributed by atoms with van der Waals surface area (Å²) >= 11 is 0. The minimum Gasteiger partial charge on any atom is -0.365 e. The highest BCUT2D eigenvalue weighted by Crippen LogP contribution is 2.26. The summed E-state index contributed by atoms with van der Waals surface area (Å²) in [6.45, 7) is 4.55. The first-order chi connectivity index (χ1) is 10.3. The molecule has 1 aliphatic heterocycles. The molecule has 1 amide bonds. The summed E-state index contributed by atoms with van der Waals surface area (Å²) in [5.41, 5.74) is 5.06. The maximum Gasteiger partial charge on any atom is 0.240 e. The Morgan fingerprint density at radius 1 is 1.43 bits per heavy atom. The second-order valence-corrected chi connectivity index (χ2v) is 6.14. The topological polar surface area (TPSA) is 58.4 Å². The molecule has 2 rings (SSSR count). The molecule has 0 bridgehead atoms. The number of benzene rings is 1. The number of anilines is 1. The van der Waals surface area contributed by atoms with E-state index in [0.29, 0.717) is 25.9 Å². The van der Waals surface area contributed by atoms with Gasteiger partial charge in [0.2, 0.25) is 5.91 Å². The maximum atomic E-state index is 13.8. The van der Waals surface area contributed by atoms with Crippen LogP contribution in [0, 0.1) is 11.6 Å². The lowest BCUT2D eigenvalue weighted by molar-refractivity contribution is -0.126. The van der Waals surface area contributed by atoms with Gasteiger partial charge in [-0.1, -0.05) is 19.4 Å². The van der Waals surface area contributed by atoms with E-state index in [1.165, 1.54) is 18.2 Å². The van der Waals surface area contributed by atoms with Crippen molar-refractivity contribution in [1.82, 2.24) is 5.32 Å². The van der Waals surface area contributed by atoms with Crippen molar-refractivity contribution in [3.05, 3.63) is 29.8 Å². The molecule has 130 valence electrons. The summed E-state index contributed by atoms with van der Waals surface area (Å²) in [7, 11) is 0. The monoisotopic (exact) mass is 347 g/mol. The van der Waals surface area contributed by atoms with Gasteiger partial charge in [0, 0.05) is 19.1 Å². The van der Waals surface area contributed by atoms with Crippen molar-refractivity contribution in [2.75, 3.05) is 18.0 Å². The quantitative estimate of drug-likeness (QED) is 0.860. The van der Waals surface area contributed by atoms with Crippen LogP contribution in [-0.4, -0.2) is 30.6 Å². The summed E-state index contributed by atoms with van der Waals surface area (Å²) in [5.74, 6) is -1.38. The third-order valence-electron chi connectivity index (χ3n) is 4.07. The van der Waals surface area contributed by atoms with Gasteiger partial charge in [0.05, 0.1) is 5.54 Å². The van der Waals surface area contributed by atoms with E-state index in [9.17, 15) is 13.6 Å². The molecule has 0 radical (unpaired) electrons. The van der Waals surface area contributed by atoms with Crippen molar-refractivity contribution in [3.63, 3.8) is 0 Å². The molecule has 3 N–H and O–H groups in total. The van der Waals surface area contributed by atoms with Gasteiger partial charge >= 0.3 is 0 Å². The Morgan fingerprint density at radius 2 is 2.04 bits per heavy atom. The average Bonchev–Trinajstić information content (AvgIpc) is 2.86. The molecule has 1 aliphatic rings. The van der Waals surface area contributed by atoms with Crippen LogP contribution in [0.3, 0.4) is 0 Å². The van der Waals surface area contributed by atoms with Crippen molar-refractivity contribution in [2.24, 2.45) is 5.73 Å². The Labute approximate surface area is 141 Å². The van der Waals surface area contributed by atoms with Crippen LogP contribution in [-0.2, 0) is 4.79 Å². The zero-order valence-corrected chi connectivity index (χ0v) is 14.3. The van der Waals surface area contributed by atoms with Crippen molar-refractivity contribution in [2.45, 2.75) is 44.7 Å². The fourth-order valence-electron chi connectivity index (χ4n) is 2.86. The molecule has 1 aromatic carbocycles. The van der Waals surface area contributed by atoms with Crippen LogP contribution in [0.1, 0.15) is 33.1 Å². The zero-order valence-electron chi connectivity index (χ0n) is 13.4. The highest BCUT2D eigenvalue weighted by atomic mass is 35.5. The molecule has 0 aliphatic carbocycles. The molecular weight excluding hydrogens is 324 g/mol. The number of rotatable bonds is 5. The summed E-state index contributed by atoms with van der Waals surface area (Å²) < 4.78 is 27.6. The molecule has 1 heterocycles. The van der Waals surface area contributed by atoms with Crippen molar-refractivity contribution in [1.29, 1.82) is 0 Å². The van der Waals surface area contributed by atoms with Crippen molar-refractivity contribution >= 4 is 24.0 Å². The molecule has 0 saturated carbocycles. The van der Waals surface area contributed by atoms with Gasteiger partial charge in [-0.2, -0.15) is 0 Å². The first kappa shape index (κ1) is 19.6. The minimum absolute atomic E-state index is 0. The second-order valence-electron chi connectivity index (χ2n) is 6.14.